The number of thiazole rings is 1. The van der Waals surface area contributed by atoms with Crippen molar-refractivity contribution in [1.29, 1.82) is 0 Å². The fourth-order valence-corrected chi connectivity index (χ4v) is 3.92. The molecule has 1 N–H and O–H groups in total. The van der Waals surface area contributed by atoms with Crippen molar-refractivity contribution in [2.75, 3.05) is 26.6 Å². The van der Waals surface area contributed by atoms with Gasteiger partial charge >= 0.3 is 0 Å². The molecule has 6 nitrogen and oxygen atoms in total. The number of amides is 1. The summed E-state index contributed by atoms with van der Waals surface area (Å²) in [6.07, 6.45) is 3.14. The van der Waals surface area contributed by atoms with Gasteiger partial charge in [0.05, 0.1) is 31.5 Å². The van der Waals surface area contributed by atoms with E-state index in [0.717, 1.165) is 27.0 Å². The summed E-state index contributed by atoms with van der Waals surface area (Å²) in [6.45, 7) is 0. The monoisotopic (exact) mass is 474 g/mol. The van der Waals surface area contributed by atoms with Crippen LogP contribution in [0.4, 0.5) is 5.13 Å². The Kier molecular flexibility index (Phi) is 6.90. The molecule has 29 heavy (non-hydrogen) atoms. The number of methoxy groups -OCH3 is 3. The number of hydrogen-bond acceptors (Lipinski definition) is 6. The van der Waals surface area contributed by atoms with Crippen molar-refractivity contribution in [3.63, 3.8) is 0 Å². The molecule has 1 heterocycles. The van der Waals surface area contributed by atoms with Crippen LogP contribution in [0.5, 0.6) is 17.2 Å². The maximum atomic E-state index is 12.3. The van der Waals surface area contributed by atoms with Crippen LogP contribution in [-0.4, -0.2) is 32.2 Å². The second kappa shape index (κ2) is 9.58. The second-order valence-electron chi connectivity index (χ2n) is 5.83. The van der Waals surface area contributed by atoms with Crippen LogP contribution in [-0.2, 0) is 4.79 Å². The van der Waals surface area contributed by atoms with Crippen LogP contribution in [0.15, 0.2) is 52.3 Å². The highest BCUT2D eigenvalue weighted by molar-refractivity contribution is 9.10. The topological polar surface area (TPSA) is 69.7 Å². The van der Waals surface area contributed by atoms with Gasteiger partial charge in [0.1, 0.15) is 5.75 Å². The number of aromatic nitrogens is 1. The molecule has 0 aliphatic rings. The lowest BCUT2D eigenvalue weighted by molar-refractivity contribution is -0.111. The van der Waals surface area contributed by atoms with Gasteiger partial charge in [-0.15, -0.1) is 11.3 Å². The minimum absolute atomic E-state index is 0.272. The van der Waals surface area contributed by atoms with Gasteiger partial charge in [-0.25, -0.2) is 4.98 Å². The first-order valence-corrected chi connectivity index (χ1v) is 10.2. The summed E-state index contributed by atoms with van der Waals surface area (Å²) in [7, 11) is 4.76. The van der Waals surface area contributed by atoms with Gasteiger partial charge in [0.2, 0.25) is 5.91 Å². The molecule has 0 fully saturated rings. The van der Waals surface area contributed by atoms with Crippen LogP contribution in [0.2, 0.25) is 0 Å². The van der Waals surface area contributed by atoms with Crippen molar-refractivity contribution in [1.82, 2.24) is 4.98 Å². The SMILES string of the molecule is COc1ccc(-c2csc(NC(=O)C=Cc3cc(Br)c(OC)c(OC)c3)n2)cc1. The van der Waals surface area contributed by atoms with Gasteiger partial charge in [0.25, 0.3) is 0 Å². The van der Waals surface area contributed by atoms with E-state index < -0.39 is 0 Å². The Morgan fingerprint density at radius 3 is 2.52 bits per heavy atom. The largest absolute Gasteiger partial charge is 0.497 e. The normalized spacial score (nSPS) is 10.8. The van der Waals surface area contributed by atoms with Crippen LogP contribution in [0.1, 0.15) is 5.56 Å². The lowest BCUT2D eigenvalue weighted by Gasteiger charge is -2.10. The minimum Gasteiger partial charge on any atom is -0.497 e. The number of nitrogens with zero attached hydrogens (tertiary/aromatic N) is 1. The van der Waals surface area contributed by atoms with E-state index in [9.17, 15) is 4.79 Å². The van der Waals surface area contributed by atoms with Crippen molar-refractivity contribution >= 4 is 44.4 Å². The molecule has 0 spiro atoms. The van der Waals surface area contributed by atoms with Gasteiger partial charge < -0.3 is 14.2 Å². The first-order chi connectivity index (χ1) is 14.0. The number of hydrogen-bond donors (Lipinski definition) is 1. The molecule has 1 amide bonds. The zero-order valence-electron chi connectivity index (χ0n) is 16.1. The number of halogens is 1. The summed E-state index contributed by atoms with van der Waals surface area (Å²) >= 11 is 4.80. The van der Waals surface area contributed by atoms with Crippen molar-refractivity contribution in [2.45, 2.75) is 0 Å². The third kappa shape index (κ3) is 5.16. The number of rotatable bonds is 7. The van der Waals surface area contributed by atoms with Gasteiger partial charge in [-0.05, 0) is 64.0 Å². The summed E-state index contributed by atoms with van der Waals surface area (Å²) in [5, 5.41) is 5.20. The molecule has 8 heteroatoms. The van der Waals surface area contributed by atoms with Crippen LogP contribution < -0.4 is 19.5 Å². The molecular formula is C21H19BrN2O4S. The average Bonchev–Trinajstić information content (AvgIpc) is 3.20. The summed E-state index contributed by atoms with van der Waals surface area (Å²) in [5.41, 5.74) is 2.54. The number of nitrogens with one attached hydrogen (secondary N) is 1. The van der Waals surface area contributed by atoms with Crippen molar-refractivity contribution < 1.29 is 19.0 Å². The van der Waals surface area contributed by atoms with Gasteiger partial charge in [0, 0.05) is 17.0 Å². The highest BCUT2D eigenvalue weighted by Crippen LogP contribution is 2.36. The molecule has 3 aromatic rings. The predicted octanol–water partition coefficient (Wildman–Crippen LogP) is 5.25. The molecule has 0 unspecified atom stereocenters. The van der Waals surface area contributed by atoms with Crippen molar-refractivity contribution in [3.05, 3.63) is 57.9 Å². The predicted molar refractivity (Wildman–Crippen MR) is 119 cm³/mol. The minimum atomic E-state index is -0.272. The Bertz CT molecular complexity index is 1030. The average molecular weight is 475 g/mol. The Balaban J connectivity index is 1.68. The van der Waals surface area contributed by atoms with Gasteiger partial charge in [0.15, 0.2) is 16.6 Å². The third-order valence-electron chi connectivity index (χ3n) is 4.00. The number of carbonyl (C=O) groups excluding carboxylic acids is 1. The first kappa shape index (κ1) is 20.9. The Hall–Kier alpha value is -2.84. The zero-order valence-corrected chi connectivity index (χ0v) is 18.5. The molecule has 3 rings (SSSR count). The van der Waals surface area contributed by atoms with Crippen molar-refractivity contribution in [3.8, 4) is 28.5 Å². The standard InChI is InChI=1S/C21H19BrN2O4S/c1-26-15-7-5-14(6-8-15)17-12-29-21(23-17)24-19(25)9-4-13-10-16(22)20(28-3)18(11-13)27-2/h4-12H,1-3H3,(H,23,24,25). The molecular weight excluding hydrogens is 456 g/mol. The van der Waals surface area contributed by atoms with Crippen LogP contribution in [0, 0.1) is 0 Å². The Labute approximate surface area is 181 Å². The molecule has 2 aromatic carbocycles. The first-order valence-electron chi connectivity index (χ1n) is 8.54. The highest BCUT2D eigenvalue weighted by Gasteiger charge is 2.10. The molecule has 0 saturated heterocycles. The quantitative estimate of drug-likeness (QED) is 0.473. The molecule has 1 aromatic heterocycles. The van der Waals surface area contributed by atoms with E-state index in [4.69, 9.17) is 14.2 Å². The van der Waals surface area contributed by atoms with E-state index in [1.54, 1.807) is 33.5 Å². The highest BCUT2D eigenvalue weighted by atomic mass is 79.9. The van der Waals surface area contributed by atoms with Gasteiger partial charge in [-0.3, -0.25) is 10.1 Å². The van der Waals surface area contributed by atoms with E-state index in [1.165, 1.54) is 17.4 Å². The summed E-state index contributed by atoms with van der Waals surface area (Å²) in [6, 6.07) is 11.2. The third-order valence-corrected chi connectivity index (χ3v) is 5.35. The Morgan fingerprint density at radius 1 is 1.10 bits per heavy atom. The van der Waals surface area contributed by atoms with Crippen LogP contribution >= 0.6 is 27.3 Å². The number of carbonyl (C=O) groups is 1. The molecule has 0 radical (unpaired) electrons. The summed E-state index contributed by atoms with van der Waals surface area (Å²) < 4.78 is 16.5. The van der Waals surface area contributed by atoms with E-state index in [0.29, 0.717) is 16.6 Å². The molecule has 150 valence electrons. The van der Waals surface area contributed by atoms with E-state index in [-0.39, 0.29) is 5.91 Å². The van der Waals surface area contributed by atoms with Gasteiger partial charge in [-0.2, -0.15) is 0 Å². The zero-order chi connectivity index (χ0) is 20.8. The molecule has 0 aliphatic heterocycles. The molecule has 0 aliphatic carbocycles. The van der Waals surface area contributed by atoms with Gasteiger partial charge in [-0.1, -0.05) is 0 Å². The van der Waals surface area contributed by atoms with Crippen LogP contribution in [0.3, 0.4) is 0 Å². The lowest BCUT2D eigenvalue weighted by Crippen LogP contribution is -2.07. The lowest BCUT2D eigenvalue weighted by atomic mass is 10.2. The molecule has 0 bridgehead atoms. The van der Waals surface area contributed by atoms with E-state index in [2.05, 4.69) is 26.2 Å². The number of anilines is 1. The fourth-order valence-electron chi connectivity index (χ4n) is 2.58. The van der Waals surface area contributed by atoms with E-state index in [1.807, 2.05) is 35.7 Å². The summed E-state index contributed by atoms with van der Waals surface area (Å²) in [5.74, 6) is 1.69. The number of ether oxygens (including phenoxy) is 3. The smallest absolute Gasteiger partial charge is 0.250 e. The van der Waals surface area contributed by atoms with Crippen molar-refractivity contribution in [2.24, 2.45) is 0 Å². The molecule has 0 atom stereocenters. The maximum Gasteiger partial charge on any atom is 0.250 e. The molecule has 0 saturated carbocycles. The number of benzene rings is 2. The maximum absolute atomic E-state index is 12.3. The Morgan fingerprint density at radius 2 is 1.86 bits per heavy atom. The summed E-state index contributed by atoms with van der Waals surface area (Å²) in [4.78, 5) is 16.7. The van der Waals surface area contributed by atoms with E-state index >= 15 is 0 Å². The fraction of sp³-hybridized carbons (Fsp3) is 0.143. The van der Waals surface area contributed by atoms with Crippen LogP contribution in [0.25, 0.3) is 17.3 Å². The second-order valence-corrected chi connectivity index (χ2v) is 7.54.